The van der Waals surface area contributed by atoms with Gasteiger partial charge in [0.25, 0.3) is 0 Å². The zero-order chi connectivity index (χ0) is 25.8. The molecular formula is C21H38I2N5O5P. The Hall–Kier alpha value is -0.600. The number of amides is 4. The van der Waals surface area contributed by atoms with Gasteiger partial charge >= 0.3 is 0 Å². The van der Waals surface area contributed by atoms with E-state index in [2.05, 4.69) is 30.5 Å². The minimum Gasteiger partial charge on any atom is -0.356 e. The summed E-state index contributed by atoms with van der Waals surface area (Å²) in [7, 11) is 3.94. The molecule has 0 radical (unpaired) electrons. The average molecular weight is 725 g/mol. The van der Waals surface area contributed by atoms with Gasteiger partial charge in [-0.25, -0.2) is 0 Å². The number of halogens is 2. The number of likely N-dealkylation sites (N-methyl/N-ethyl adjacent to an activating group) is 1. The molecule has 0 saturated carbocycles. The zero-order valence-corrected chi connectivity index (χ0v) is 25.3. The maximum atomic E-state index is 12.6. The maximum Gasteiger partial charge on any atom is 0.229 e. The highest BCUT2D eigenvalue weighted by Crippen LogP contribution is 2.06. The molecule has 0 aromatic rings. The van der Waals surface area contributed by atoms with Crippen LogP contribution in [0.15, 0.2) is 0 Å². The molecule has 10 nitrogen and oxygen atoms in total. The minimum absolute atomic E-state index is 0.0374. The Labute approximate surface area is 232 Å². The van der Waals surface area contributed by atoms with Crippen LogP contribution in [0.3, 0.4) is 0 Å². The summed E-state index contributed by atoms with van der Waals surface area (Å²) < 4.78 is 0.709. The largest absolute Gasteiger partial charge is 0.356 e. The lowest BCUT2D eigenvalue weighted by Gasteiger charge is -2.23. The number of carbonyl (C=O) groups is 5. The first-order chi connectivity index (χ1) is 16.2. The number of nitrogens with one attached hydrogen (secondary N) is 4. The van der Waals surface area contributed by atoms with E-state index in [1.807, 2.05) is 45.2 Å². The normalized spacial score (nSPS) is 11.4. The molecule has 0 bridgehead atoms. The SMILES string of the molecule is CNC(CCCCNC(=O)CCCCC(=O)N(CCNC(=O)CI)CCNC(=O)CI)C(=O)P. The van der Waals surface area contributed by atoms with Crippen molar-refractivity contribution in [2.24, 2.45) is 0 Å². The van der Waals surface area contributed by atoms with Crippen molar-refractivity contribution in [1.29, 1.82) is 0 Å². The van der Waals surface area contributed by atoms with Crippen LogP contribution in [0.2, 0.25) is 0 Å². The van der Waals surface area contributed by atoms with Crippen molar-refractivity contribution >= 4 is 83.6 Å². The first kappa shape index (κ1) is 33.4. The second-order valence-electron chi connectivity index (χ2n) is 7.64. The third-order valence-corrected chi connectivity index (χ3v) is 6.77. The number of rotatable bonds is 20. The van der Waals surface area contributed by atoms with Gasteiger partial charge in [-0.2, -0.15) is 0 Å². The van der Waals surface area contributed by atoms with E-state index >= 15 is 0 Å². The molecule has 2 unspecified atom stereocenters. The molecule has 4 amide bonds. The summed E-state index contributed by atoms with van der Waals surface area (Å²) >= 11 is 3.95. The molecule has 0 aromatic heterocycles. The van der Waals surface area contributed by atoms with E-state index in [1.54, 1.807) is 11.9 Å². The molecule has 0 aromatic carbocycles. The van der Waals surface area contributed by atoms with Crippen molar-refractivity contribution in [3.63, 3.8) is 0 Å². The second kappa shape index (κ2) is 21.7. The highest BCUT2D eigenvalue weighted by Gasteiger charge is 2.14. The van der Waals surface area contributed by atoms with Gasteiger partial charge in [0, 0.05) is 45.6 Å². The first-order valence-corrected chi connectivity index (χ1v) is 15.0. The standard InChI is InChI=1S/C21H38I2N5O5P/c1-24-16(21(33)34)6-4-5-9-25-17(29)7-2-3-8-20(32)28(12-10-26-18(30)14-22)13-11-27-19(31)15-23/h16,24H,2-15,34H2,1H3,(H,25,29)(H,26,30)(H,27,31). The van der Waals surface area contributed by atoms with Gasteiger partial charge in [0.2, 0.25) is 23.6 Å². The third-order valence-electron chi connectivity index (χ3n) is 4.98. The van der Waals surface area contributed by atoms with E-state index in [0.29, 0.717) is 67.3 Å². The Balaban J connectivity index is 4.19. The molecule has 0 saturated heterocycles. The van der Waals surface area contributed by atoms with Crippen LogP contribution in [-0.4, -0.2) is 88.7 Å². The van der Waals surface area contributed by atoms with Gasteiger partial charge in [-0.05, 0) is 39.2 Å². The predicted octanol–water partition coefficient (Wildman–Crippen LogP) is 0.754. The fourth-order valence-electron chi connectivity index (χ4n) is 3.05. The van der Waals surface area contributed by atoms with E-state index in [4.69, 9.17) is 0 Å². The van der Waals surface area contributed by atoms with E-state index in [-0.39, 0.29) is 35.2 Å². The second-order valence-corrected chi connectivity index (χ2v) is 9.74. The summed E-state index contributed by atoms with van der Waals surface area (Å²) in [5.74, 6) is -0.274. The quantitative estimate of drug-likeness (QED) is 0.0634. The van der Waals surface area contributed by atoms with Gasteiger partial charge in [-0.3, -0.25) is 24.0 Å². The Kier molecular flexibility index (Phi) is 21.3. The Morgan fingerprint density at radius 3 is 1.79 bits per heavy atom. The van der Waals surface area contributed by atoms with Gasteiger partial charge in [-0.1, -0.05) is 54.4 Å². The summed E-state index contributed by atoms with van der Waals surface area (Å²) in [6.07, 6.45) is 4.23. The van der Waals surface area contributed by atoms with Crippen LogP contribution in [-0.2, 0) is 24.0 Å². The molecule has 4 N–H and O–H groups in total. The molecule has 2 atom stereocenters. The molecule has 0 rings (SSSR count). The van der Waals surface area contributed by atoms with Crippen molar-refractivity contribution in [2.75, 3.05) is 48.6 Å². The lowest BCUT2D eigenvalue weighted by Crippen LogP contribution is -2.43. The molecule has 34 heavy (non-hydrogen) atoms. The van der Waals surface area contributed by atoms with Crippen molar-refractivity contribution in [3.8, 4) is 0 Å². The van der Waals surface area contributed by atoms with Crippen LogP contribution in [0.4, 0.5) is 0 Å². The number of carbonyl (C=O) groups excluding carboxylic acids is 5. The molecule has 13 heteroatoms. The molecule has 0 aliphatic rings. The van der Waals surface area contributed by atoms with E-state index in [9.17, 15) is 24.0 Å². The number of unbranched alkanes of at least 4 members (excludes halogenated alkanes) is 2. The molecule has 0 spiro atoms. The lowest BCUT2D eigenvalue weighted by molar-refractivity contribution is -0.132. The number of hydrogen-bond donors (Lipinski definition) is 4. The monoisotopic (exact) mass is 725 g/mol. The average Bonchev–Trinajstić information content (AvgIpc) is 2.82. The van der Waals surface area contributed by atoms with Crippen molar-refractivity contribution in [3.05, 3.63) is 0 Å². The van der Waals surface area contributed by atoms with Crippen LogP contribution >= 0.6 is 54.4 Å². The summed E-state index contributed by atoms with van der Waals surface area (Å²) in [4.78, 5) is 60.4. The van der Waals surface area contributed by atoms with E-state index < -0.39 is 0 Å². The Morgan fingerprint density at radius 2 is 1.29 bits per heavy atom. The minimum atomic E-state index is -0.164. The summed E-state index contributed by atoms with van der Waals surface area (Å²) in [5, 5.41) is 11.3. The van der Waals surface area contributed by atoms with Gasteiger partial charge < -0.3 is 26.2 Å². The fourth-order valence-corrected chi connectivity index (χ4v) is 3.93. The third kappa shape index (κ3) is 17.8. The van der Waals surface area contributed by atoms with Crippen LogP contribution in [0.25, 0.3) is 0 Å². The van der Waals surface area contributed by atoms with Crippen LogP contribution in [0.5, 0.6) is 0 Å². The van der Waals surface area contributed by atoms with Crippen molar-refractivity contribution < 1.29 is 24.0 Å². The number of nitrogens with zero attached hydrogens (tertiary/aromatic N) is 1. The van der Waals surface area contributed by atoms with Crippen LogP contribution in [0.1, 0.15) is 44.9 Å². The Morgan fingerprint density at radius 1 is 0.765 bits per heavy atom. The van der Waals surface area contributed by atoms with E-state index in [0.717, 1.165) is 19.3 Å². The molecule has 0 heterocycles. The molecular weight excluding hydrogens is 687 g/mol. The fraction of sp³-hybridized carbons (Fsp3) is 0.762. The highest BCUT2D eigenvalue weighted by atomic mass is 127. The van der Waals surface area contributed by atoms with Gasteiger partial charge in [-0.15, -0.1) is 0 Å². The lowest BCUT2D eigenvalue weighted by atomic mass is 10.1. The maximum absolute atomic E-state index is 12.6. The van der Waals surface area contributed by atoms with Crippen LogP contribution < -0.4 is 21.3 Å². The van der Waals surface area contributed by atoms with E-state index in [1.165, 1.54) is 0 Å². The number of alkyl halides is 2. The van der Waals surface area contributed by atoms with Crippen molar-refractivity contribution in [1.82, 2.24) is 26.2 Å². The smallest absolute Gasteiger partial charge is 0.229 e. The molecule has 0 aliphatic carbocycles. The first-order valence-electron chi connectivity index (χ1n) is 11.4. The highest BCUT2D eigenvalue weighted by molar-refractivity contribution is 14.1. The summed E-state index contributed by atoms with van der Waals surface area (Å²) in [5.41, 5.74) is 0.0374. The van der Waals surface area contributed by atoms with Gasteiger partial charge in [0.05, 0.1) is 14.9 Å². The molecule has 196 valence electrons. The van der Waals surface area contributed by atoms with Crippen LogP contribution in [0, 0.1) is 0 Å². The number of hydrogen-bond acceptors (Lipinski definition) is 6. The van der Waals surface area contributed by atoms with Crippen molar-refractivity contribution in [2.45, 2.75) is 51.0 Å². The summed E-state index contributed by atoms with van der Waals surface area (Å²) in [6, 6.07) is -0.164. The molecule has 0 fully saturated rings. The topological polar surface area (TPSA) is 137 Å². The molecule has 0 aliphatic heterocycles. The zero-order valence-electron chi connectivity index (χ0n) is 19.8. The van der Waals surface area contributed by atoms with Gasteiger partial charge in [0.1, 0.15) is 0 Å². The van der Waals surface area contributed by atoms with Gasteiger partial charge in [0.15, 0.2) is 5.52 Å². The Bertz CT molecular complexity index is 635. The predicted molar refractivity (Wildman–Crippen MR) is 153 cm³/mol. The summed E-state index contributed by atoms with van der Waals surface area (Å²) in [6.45, 7) is 2.03.